The summed E-state index contributed by atoms with van der Waals surface area (Å²) < 4.78 is 44.0. The highest BCUT2D eigenvalue weighted by molar-refractivity contribution is 6.32. The minimum absolute atomic E-state index is 0.0108. The summed E-state index contributed by atoms with van der Waals surface area (Å²) >= 11 is 5.76. The van der Waals surface area contributed by atoms with Crippen LogP contribution in [0.15, 0.2) is 34.0 Å². The molecule has 0 unspecified atom stereocenters. The molecule has 0 amide bonds. The molecule has 134 valence electrons. The third-order valence-corrected chi connectivity index (χ3v) is 3.71. The van der Waals surface area contributed by atoms with Crippen molar-refractivity contribution in [3.63, 3.8) is 0 Å². The predicted molar refractivity (Wildman–Crippen MR) is 82.8 cm³/mol. The zero-order chi connectivity index (χ0) is 18.8. The molecule has 2 aromatic rings. The predicted octanol–water partition coefficient (Wildman–Crippen LogP) is 2.43. The maximum absolute atomic E-state index is 12.9. The molecule has 0 spiro atoms. The van der Waals surface area contributed by atoms with E-state index in [1.54, 1.807) is 0 Å². The Balaban J connectivity index is 2.52. The fourth-order valence-electron chi connectivity index (χ4n) is 2.10. The van der Waals surface area contributed by atoms with Crippen molar-refractivity contribution in [2.45, 2.75) is 19.6 Å². The second kappa shape index (κ2) is 7.14. The van der Waals surface area contributed by atoms with Crippen molar-refractivity contribution in [1.29, 1.82) is 0 Å². The summed E-state index contributed by atoms with van der Waals surface area (Å²) in [7, 11) is 0. The minimum atomic E-state index is -4.68. The standard InChI is InChI=1S/C15H12ClF3N2O4/c1-2-25-13(23)9-6-20-14(24)21(12(9)22)7-8-4-3-5-10(11(8)16)15(17,18)19/h3-6H,2,7H2,1H3,(H,20,24). The van der Waals surface area contributed by atoms with E-state index in [0.717, 1.165) is 18.3 Å². The molecule has 0 saturated carbocycles. The third-order valence-electron chi connectivity index (χ3n) is 3.27. The minimum Gasteiger partial charge on any atom is -0.462 e. The topological polar surface area (TPSA) is 81.2 Å². The van der Waals surface area contributed by atoms with Gasteiger partial charge in [0, 0.05) is 6.20 Å². The van der Waals surface area contributed by atoms with Crippen LogP contribution in [-0.2, 0) is 17.5 Å². The van der Waals surface area contributed by atoms with Crippen LogP contribution in [0.3, 0.4) is 0 Å². The van der Waals surface area contributed by atoms with Gasteiger partial charge in [-0.2, -0.15) is 13.2 Å². The van der Waals surface area contributed by atoms with Crippen LogP contribution >= 0.6 is 11.6 Å². The number of nitrogens with one attached hydrogen (secondary N) is 1. The number of nitrogens with zero attached hydrogens (tertiary/aromatic N) is 1. The summed E-state index contributed by atoms with van der Waals surface area (Å²) in [4.78, 5) is 38.0. The molecule has 0 saturated heterocycles. The maximum Gasteiger partial charge on any atom is 0.417 e. The van der Waals surface area contributed by atoms with Crippen molar-refractivity contribution in [3.05, 3.63) is 66.9 Å². The van der Waals surface area contributed by atoms with Crippen LogP contribution in [0, 0.1) is 0 Å². The molecule has 0 aliphatic carbocycles. The summed E-state index contributed by atoms with van der Waals surface area (Å²) in [6.45, 7) is 1.01. The fourth-order valence-corrected chi connectivity index (χ4v) is 2.39. The molecule has 1 heterocycles. The summed E-state index contributed by atoms with van der Waals surface area (Å²) in [6.07, 6.45) is -3.79. The Kier molecular flexibility index (Phi) is 5.36. The van der Waals surface area contributed by atoms with E-state index >= 15 is 0 Å². The molecule has 0 bridgehead atoms. The Morgan fingerprint density at radius 1 is 1.32 bits per heavy atom. The van der Waals surface area contributed by atoms with Crippen molar-refractivity contribution >= 4 is 17.6 Å². The van der Waals surface area contributed by atoms with Crippen LogP contribution in [0.1, 0.15) is 28.4 Å². The number of aromatic nitrogens is 2. The molecule has 25 heavy (non-hydrogen) atoms. The molecule has 1 aromatic heterocycles. The molecular weight excluding hydrogens is 365 g/mol. The number of esters is 1. The van der Waals surface area contributed by atoms with Gasteiger partial charge in [0.2, 0.25) is 0 Å². The molecule has 0 aliphatic rings. The molecule has 2 rings (SSSR count). The number of ether oxygens (including phenoxy) is 1. The second-order valence-corrected chi connectivity index (χ2v) is 5.27. The van der Waals surface area contributed by atoms with Gasteiger partial charge in [-0.05, 0) is 18.6 Å². The van der Waals surface area contributed by atoms with Gasteiger partial charge < -0.3 is 9.72 Å². The average molecular weight is 377 g/mol. The van der Waals surface area contributed by atoms with E-state index < -0.39 is 46.1 Å². The molecule has 0 radical (unpaired) electrons. The summed E-state index contributed by atoms with van der Waals surface area (Å²) in [5.41, 5.74) is -3.51. The third kappa shape index (κ3) is 3.93. The molecule has 1 aromatic carbocycles. The number of hydrogen-bond donors (Lipinski definition) is 1. The number of hydrogen-bond acceptors (Lipinski definition) is 4. The van der Waals surface area contributed by atoms with Gasteiger partial charge >= 0.3 is 17.8 Å². The van der Waals surface area contributed by atoms with E-state index in [-0.39, 0.29) is 12.2 Å². The number of benzene rings is 1. The molecule has 6 nitrogen and oxygen atoms in total. The lowest BCUT2D eigenvalue weighted by atomic mass is 10.1. The van der Waals surface area contributed by atoms with Crippen LogP contribution < -0.4 is 11.2 Å². The number of H-pyrrole nitrogens is 1. The van der Waals surface area contributed by atoms with E-state index in [4.69, 9.17) is 16.3 Å². The fraction of sp³-hybridized carbons (Fsp3) is 0.267. The zero-order valence-electron chi connectivity index (χ0n) is 12.8. The Hall–Kier alpha value is -2.55. The lowest BCUT2D eigenvalue weighted by molar-refractivity contribution is -0.137. The number of rotatable bonds is 4. The first-order valence-electron chi connectivity index (χ1n) is 7.01. The first-order chi connectivity index (χ1) is 11.7. The van der Waals surface area contributed by atoms with Gasteiger partial charge in [0.25, 0.3) is 5.56 Å². The zero-order valence-corrected chi connectivity index (χ0v) is 13.6. The normalized spacial score (nSPS) is 11.4. The van der Waals surface area contributed by atoms with Gasteiger partial charge in [-0.25, -0.2) is 9.59 Å². The Labute approximate surface area is 143 Å². The monoisotopic (exact) mass is 376 g/mol. The van der Waals surface area contributed by atoms with Gasteiger partial charge in [0.15, 0.2) is 0 Å². The molecule has 0 atom stereocenters. The largest absolute Gasteiger partial charge is 0.462 e. The quantitative estimate of drug-likeness (QED) is 0.831. The van der Waals surface area contributed by atoms with E-state index in [0.29, 0.717) is 4.57 Å². The maximum atomic E-state index is 12.9. The Morgan fingerprint density at radius 2 is 2.00 bits per heavy atom. The highest BCUT2D eigenvalue weighted by Gasteiger charge is 2.34. The highest BCUT2D eigenvalue weighted by Crippen LogP contribution is 2.36. The van der Waals surface area contributed by atoms with Gasteiger partial charge in [0.1, 0.15) is 5.56 Å². The van der Waals surface area contributed by atoms with Crippen molar-refractivity contribution in [2.75, 3.05) is 6.61 Å². The van der Waals surface area contributed by atoms with Gasteiger partial charge in [0.05, 0.1) is 23.7 Å². The average Bonchev–Trinajstić information content (AvgIpc) is 2.51. The van der Waals surface area contributed by atoms with Gasteiger partial charge in [-0.1, -0.05) is 23.7 Å². The van der Waals surface area contributed by atoms with Crippen molar-refractivity contribution in [1.82, 2.24) is 9.55 Å². The number of alkyl halides is 3. The molecule has 0 aliphatic heterocycles. The molecule has 0 fully saturated rings. The lowest BCUT2D eigenvalue weighted by Crippen LogP contribution is -2.38. The van der Waals surface area contributed by atoms with Crippen molar-refractivity contribution in [2.24, 2.45) is 0 Å². The molecule has 10 heteroatoms. The SMILES string of the molecule is CCOC(=O)c1c[nH]c(=O)n(Cc2cccc(C(F)(F)F)c2Cl)c1=O. The lowest BCUT2D eigenvalue weighted by Gasteiger charge is -2.13. The highest BCUT2D eigenvalue weighted by atomic mass is 35.5. The van der Waals surface area contributed by atoms with Crippen molar-refractivity contribution < 1.29 is 22.7 Å². The van der Waals surface area contributed by atoms with Crippen molar-refractivity contribution in [3.8, 4) is 0 Å². The van der Waals surface area contributed by atoms with Crippen LogP contribution in [0.25, 0.3) is 0 Å². The Bertz CT molecular complexity index is 918. The number of aromatic amines is 1. The van der Waals surface area contributed by atoms with Crippen LogP contribution in [0.4, 0.5) is 13.2 Å². The first-order valence-corrected chi connectivity index (χ1v) is 7.38. The summed E-state index contributed by atoms with van der Waals surface area (Å²) in [5.74, 6) is -0.951. The number of carbonyl (C=O) groups is 1. The smallest absolute Gasteiger partial charge is 0.417 e. The van der Waals surface area contributed by atoms with E-state index in [1.165, 1.54) is 13.0 Å². The van der Waals surface area contributed by atoms with Gasteiger partial charge in [-0.15, -0.1) is 0 Å². The summed E-state index contributed by atoms with van der Waals surface area (Å²) in [6, 6.07) is 3.15. The van der Waals surface area contributed by atoms with Crippen LogP contribution in [0.5, 0.6) is 0 Å². The summed E-state index contributed by atoms with van der Waals surface area (Å²) in [5, 5.41) is -0.622. The number of carbonyl (C=O) groups excluding carboxylic acids is 1. The molecule has 1 N–H and O–H groups in total. The van der Waals surface area contributed by atoms with Crippen LogP contribution in [0.2, 0.25) is 5.02 Å². The first kappa shape index (κ1) is 18.8. The second-order valence-electron chi connectivity index (χ2n) is 4.90. The van der Waals surface area contributed by atoms with E-state index in [9.17, 15) is 27.6 Å². The van der Waals surface area contributed by atoms with E-state index in [2.05, 4.69) is 4.98 Å². The van der Waals surface area contributed by atoms with Gasteiger partial charge in [-0.3, -0.25) is 9.36 Å². The number of halogens is 4. The van der Waals surface area contributed by atoms with E-state index in [1.807, 2.05) is 0 Å². The molecular formula is C15H12ClF3N2O4. The Morgan fingerprint density at radius 3 is 2.60 bits per heavy atom. The van der Waals surface area contributed by atoms with Crippen LogP contribution in [-0.4, -0.2) is 22.1 Å².